The fraction of sp³-hybridized carbons (Fsp3) is 0.263. The van der Waals surface area contributed by atoms with E-state index >= 15 is 0 Å². The summed E-state index contributed by atoms with van der Waals surface area (Å²) in [7, 11) is 0. The summed E-state index contributed by atoms with van der Waals surface area (Å²) in [5, 5.41) is 2.97. The molecular weight excluding hydrogens is 290 g/mol. The van der Waals surface area contributed by atoms with Crippen LogP contribution in [-0.2, 0) is 14.3 Å². The lowest BCUT2D eigenvalue weighted by Crippen LogP contribution is -2.28. The summed E-state index contributed by atoms with van der Waals surface area (Å²) in [6, 6.07) is 19.2. The maximum Gasteiger partial charge on any atom is 0.319 e. The minimum atomic E-state index is -0.817. The summed E-state index contributed by atoms with van der Waals surface area (Å²) in [6.07, 6.45) is 0. The second-order valence-corrected chi connectivity index (χ2v) is 5.56. The van der Waals surface area contributed by atoms with E-state index in [-0.39, 0.29) is 24.5 Å². The summed E-state index contributed by atoms with van der Waals surface area (Å²) < 4.78 is 5.13. The summed E-state index contributed by atoms with van der Waals surface area (Å²) >= 11 is 0. The summed E-state index contributed by atoms with van der Waals surface area (Å²) in [5.74, 6) is -1.82. The van der Waals surface area contributed by atoms with Crippen molar-refractivity contribution < 1.29 is 14.3 Å². The fourth-order valence-corrected chi connectivity index (χ4v) is 3.19. The Kier molecular flexibility index (Phi) is 4.42. The lowest BCUT2D eigenvalue weighted by molar-refractivity contribution is -0.151. The molecule has 1 heterocycles. The maximum atomic E-state index is 12.4. The molecule has 4 heteroatoms. The van der Waals surface area contributed by atoms with E-state index in [1.807, 2.05) is 60.7 Å². The van der Waals surface area contributed by atoms with Crippen LogP contribution < -0.4 is 5.32 Å². The van der Waals surface area contributed by atoms with Gasteiger partial charge in [0, 0.05) is 5.92 Å². The van der Waals surface area contributed by atoms with Gasteiger partial charge in [0.05, 0.1) is 12.6 Å². The van der Waals surface area contributed by atoms with Crippen molar-refractivity contribution >= 4 is 11.9 Å². The number of ether oxygens (including phenoxy) is 1. The third kappa shape index (κ3) is 2.97. The van der Waals surface area contributed by atoms with E-state index in [1.54, 1.807) is 6.92 Å². The average Bonchev–Trinajstić information content (AvgIpc) is 2.94. The van der Waals surface area contributed by atoms with Gasteiger partial charge in [-0.3, -0.25) is 9.59 Å². The number of carbonyl (C=O) groups excluding carboxylic acids is 2. The Morgan fingerprint density at radius 2 is 1.57 bits per heavy atom. The van der Waals surface area contributed by atoms with Crippen molar-refractivity contribution in [3.05, 3.63) is 71.8 Å². The van der Waals surface area contributed by atoms with Crippen LogP contribution in [0.3, 0.4) is 0 Å². The molecule has 2 aromatic rings. The van der Waals surface area contributed by atoms with Crippen molar-refractivity contribution in [2.45, 2.75) is 18.9 Å². The molecular formula is C19H19NO3. The first-order valence-electron chi connectivity index (χ1n) is 7.79. The summed E-state index contributed by atoms with van der Waals surface area (Å²) in [6.45, 7) is 2.01. The second kappa shape index (κ2) is 6.65. The van der Waals surface area contributed by atoms with Gasteiger partial charge in [0.25, 0.3) is 0 Å². The van der Waals surface area contributed by atoms with E-state index < -0.39 is 11.9 Å². The molecule has 0 bridgehead atoms. The highest BCUT2D eigenvalue weighted by molar-refractivity contribution is 6.01. The molecule has 3 atom stereocenters. The molecule has 1 aliphatic rings. The third-order valence-electron chi connectivity index (χ3n) is 4.18. The topological polar surface area (TPSA) is 55.4 Å². The molecule has 4 nitrogen and oxygen atoms in total. The first kappa shape index (κ1) is 15.3. The third-order valence-corrected chi connectivity index (χ3v) is 4.18. The van der Waals surface area contributed by atoms with Gasteiger partial charge in [-0.2, -0.15) is 0 Å². The van der Waals surface area contributed by atoms with Gasteiger partial charge in [0.2, 0.25) is 5.91 Å². The molecule has 1 amide bonds. The molecule has 1 saturated heterocycles. The molecule has 0 saturated carbocycles. The first-order valence-corrected chi connectivity index (χ1v) is 7.79. The average molecular weight is 309 g/mol. The van der Waals surface area contributed by atoms with E-state index in [4.69, 9.17) is 4.74 Å². The van der Waals surface area contributed by atoms with Crippen LogP contribution in [0.5, 0.6) is 0 Å². The van der Waals surface area contributed by atoms with Crippen molar-refractivity contribution in [2.75, 3.05) is 6.61 Å². The Morgan fingerprint density at radius 1 is 1.00 bits per heavy atom. The number of benzene rings is 2. The number of hydrogen-bond acceptors (Lipinski definition) is 3. The number of nitrogens with one attached hydrogen (secondary N) is 1. The van der Waals surface area contributed by atoms with Gasteiger partial charge in [0.15, 0.2) is 0 Å². The molecule has 0 spiro atoms. The Bertz CT molecular complexity index is 684. The quantitative estimate of drug-likeness (QED) is 0.698. The van der Waals surface area contributed by atoms with Crippen molar-refractivity contribution in [3.8, 4) is 0 Å². The molecule has 3 rings (SSSR count). The lowest BCUT2D eigenvalue weighted by atomic mass is 9.81. The van der Waals surface area contributed by atoms with Crippen LogP contribution in [0.25, 0.3) is 0 Å². The van der Waals surface area contributed by atoms with Gasteiger partial charge in [-0.25, -0.2) is 0 Å². The molecule has 0 unspecified atom stereocenters. The number of rotatable bonds is 4. The predicted octanol–water partition coefficient (Wildman–Crippen LogP) is 2.82. The molecule has 118 valence electrons. The van der Waals surface area contributed by atoms with Crippen molar-refractivity contribution in [3.63, 3.8) is 0 Å². The Balaban J connectivity index is 2.03. The number of carbonyl (C=O) groups is 2. The molecule has 0 radical (unpaired) electrons. The van der Waals surface area contributed by atoms with Crippen LogP contribution in [0, 0.1) is 5.92 Å². The standard InChI is InChI=1S/C19H19NO3/c1-2-23-19(22)16-15(13-9-5-3-6-10-13)17(20-18(16)21)14-11-7-4-8-12-14/h3-12,15-17H,2H2,1H3,(H,20,21)/t15-,16-,17+/m0/s1. The van der Waals surface area contributed by atoms with Gasteiger partial charge >= 0.3 is 5.97 Å². The Hall–Kier alpha value is -2.62. The smallest absolute Gasteiger partial charge is 0.319 e. The zero-order valence-electron chi connectivity index (χ0n) is 12.9. The van der Waals surface area contributed by atoms with Crippen LogP contribution in [0.2, 0.25) is 0 Å². The highest BCUT2D eigenvalue weighted by atomic mass is 16.5. The molecule has 1 fully saturated rings. The number of hydrogen-bond donors (Lipinski definition) is 1. The number of esters is 1. The highest BCUT2D eigenvalue weighted by Gasteiger charge is 2.48. The SMILES string of the molecule is CCOC(=O)[C@@H]1C(=O)N[C@H](c2ccccc2)[C@H]1c1ccccc1. The first-order chi connectivity index (χ1) is 11.2. The lowest BCUT2D eigenvalue weighted by Gasteiger charge is -2.22. The van der Waals surface area contributed by atoms with E-state index in [0.717, 1.165) is 11.1 Å². The zero-order valence-corrected chi connectivity index (χ0v) is 12.9. The van der Waals surface area contributed by atoms with Crippen LogP contribution in [0.15, 0.2) is 60.7 Å². The van der Waals surface area contributed by atoms with E-state index in [2.05, 4.69) is 5.32 Å². The fourth-order valence-electron chi connectivity index (χ4n) is 3.19. The minimum Gasteiger partial charge on any atom is -0.465 e. The predicted molar refractivity (Wildman–Crippen MR) is 86.6 cm³/mol. The monoisotopic (exact) mass is 309 g/mol. The van der Waals surface area contributed by atoms with Crippen LogP contribution in [0.1, 0.15) is 30.0 Å². The molecule has 1 aliphatic heterocycles. The van der Waals surface area contributed by atoms with Crippen molar-refractivity contribution in [1.82, 2.24) is 5.32 Å². The summed E-state index contributed by atoms with van der Waals surface area (Å²) in [5.41, 5.74) is 1.94. The van der Waals surface area contributed by atoms with Gasteiger partial charge < -0.3 is 10.1 Å². The highest BCUT2D eigenvalue weighted by Crippen LogP contribution is 2.42. The normalized spacial score (nSPS) is 23.3. The Labute approximate surface area is 135 Å². The van der Waals surface area contributed by atoms with Crippen LogP contribution in [0.4, 0.5) is 0 Å². The molecule has 23 heavy (non-hydrogen) atoms. The van der Waals surface area contributed by atoms with Crippen molar-refractivity contribution in [2.24, 2.45) is 5.92 Å². The maximum absolute atomic E-state index is 12.4. The van der Waals surface area contributed by atoms with Gasteiger partial charge in [-0.1, -0.05) is 60.7 Å². The van der Waals surface area contributed by atoms with Crippen LogP contribution in [-0.4, -0.2) is 18.5 Å². The van der Waals surface area contributed by atoms with Gasteiger partial charge in [0.1, 0.15) is 5.92 Å². The van der Waals surface area contributed by atoms with E-state index in [9.17, 15) is 9.59 Å². The molecule has 1 N–H and O–H groups in total. The van der Waals surface area contributed by atoms with Crippen LogP contribution >= 0.6 is 0 Å². The minimum absolute atomic E-state index is 0.236. The van der Waals surface area contributed by atoms with E-state index in [0.29, 0.717) is 0 Å². The second-order valence-electron chi connectivity index (χ2n) is 5.56. The van der Waals surface area contributed by atoms with Gasteiger partial charge in [-0.15, -0.1) is 0 Å². The molecule has 0 aliphatic carbocycles. The molecule has 2 aromatic carbocycles. The van der Waals surface area contributed by atoms with Gasteiger partial charge in [-0.05, 0) is 18.1 Å². The van der Waals surface area contributed by atoms with E-state index in [1.165, 1.54) is 0 Å². The summed E-state index contributed by atoms with van der Waals surface area (Å²) in [4.78, 5) is 24.8. The van der Waals surface area contributed by atoms with Crippen molar-refractivity contribution in [1.29, 1.82) is 0 Å². The Morgan fingerprint density at radius 3 is 2.13 bits per heavy atom. The molecule has 0 aromatic heterocycles. The zero-order chi connectivity index (χ0) is 16.2. The number of amides is 1. The largest absolute Gasteiger partial charge is 0.465 e.